The summed E-state index contributed by atoms with van der Waals surface area (Å²) in [5.74, 6) is 2.87. The lowest BCUT2D eigenvalue weighted by atomic mass is 10.1. The van der Waals surface area contributed by atoms with Crippen molar-refractivity contribution in [1.82, 2.24) is 9.80 Å². The Labute approximate surface area is 216 Å². The summed E-state index contributed by atoms with van der Waals surface area (Å²) in [6.07, 6.45) is 1.81. The molecule has 192 valence electrons. The maximum atomic E-state index is 13.7. The number of carbonyl (C=O) groups is 2. The molecule has 1 saturated carbocycles. The van der Waals surface area contributed by atoms with Crippen molar-refractivity contribution in [3.8, 4) is 17.2 Å². The van der Waals surface area contributed by atoms with Gasteiger partial charge < -0.3 is 28.9 Å². The van der Waals surface area contributed by atoms with Crippen LogP contribution >= 0.6 is 11.8 Å². The predicted molar refractivity (Wildman–Crippen MR) is 140 cm³/mol. The summed E-state index contributed by atoms with van der Waals surface area (Å²) in [6, 6.07) is 13.3. The Morgan fingerprint density at radius 3 is 2.14 bits per heavy atom. The first-order chi connectivity index (χ1) is 17.5. The number of benzene rings is 2. The third kappa shape index (κ3) is 4.81. The number of anilines is 1. The van der Waals surface area contributed by atoms with Crippen LogP contribution in [0.25, 0.3) is 0 Å². The highest BCUT2D eigenvalue weighted by Gasteiger charge is 2.48. The van der Waals surface area contributed by atoms with Crippen molar-refractivity contribution in [1.29, 1.82) is 0 Å². The molecule has 3 fully saturated rings. The van der Waals surface area contributed by atoms with E-state index in [0.717, 1.165) is 42.9 Å². The molecule has 2 saturated heterocycles. The lowest BCUT2D eigenvalue weighted by Gasteiger charge is -2.39. The first kappa shape index (κ1) is 24.6. The molecular weight excluding hydrogens is 478 g/mol. The minimum Gasteiger partial charge on any atom is -0.497 e. The van der Waals surface area contributed by atoms with E-state index in [1.807, 2.05) is 52.3 Å². The van der Waals surface area contributed by atoms with Crippen molar-refractivity contribution in [2.75, 3.05) is 58.2 Å². The van der Waals surface area contributed by atoms with E-state index in [1.54, 1.807) is 33.1 Å². The Hall–Kier alpha value is -3.07. The molecule has 2 aromatic rings. The van der Waals surface area contributed by atoms with Gasteiger partial charge in [0.25, 0.3) is 0 Å². The van der Waals surface area contributed by atoms with Crippen LogP contribution in [-0.2, 0) is 9.59 Å². The quantitative estimate of drug-likeness (QED) is 0.564. The number of thioether (sulfide) groups is 1. The molecule has 0 spiro atoms. The normalized spacial score (nSPS) is 21.9. The summed E-state index contributed by atoms with van der Waals surface area (Å²) < 4.78 is 16.1. The van der Waals surface area contributed by atoms with Gasteiger partial charge in [0.05, 0.1) is 21.3 Å². The second-order valence-electron chi connectivity index (χ2n) is 9.35. The first-order valence-corrected chi connectivity index (χ1v) is 13.4. The van der Waals surface area contributed by atoms with E-state index in [1.165, 1.54) is 0 Å². The second kappa shape index (κ2) is 10.5. The molecule has 2 aliphatic heterocycles. The van der Waals surface area contributed by atoms with E-state index < -0.39 is 6.04 Å². The standard InChI is InChI=1S/C27H33N3O5S/c1-33-21-9-7-20(8-10-21)28-12-14-29(15-13-28)26(32)22-17-36-27(30(22)25(31)18-4-5-18)19-6-11-23(34-2)24(16-19)35-3/h6-11,16,18,22,27H,4-5,12-15,17H2,1-3H3. The molecule has 2 unspecified atom stereocenters. The molecule has 3 aliphatic rings. The predicted octanol–water partition coefficient (Wildman–Crippen LogP) is 3.41. The third-order valence-electron chi connectivity index (χ3n) is 7.19. The van der Waals surface area contributed by atoms with Gasteiger partial charge in [-0.15, -0.1) is 11.8 Å². The van der Waals surface area contributed by atoms with E-state index in [0.29, 0.717) is 30.3 Å². The third-order valence-corrected chi connectivity index (χ3v) is 8.51. The topological polar surface area (TPSA) is 71.6 Å². The number of carbonyl (C=O) groups excluding carboxylic acids is 2. The fraction of sp³-hybridized carbons (Fsp3) is 0.481. The Morgan fingerprint density at radius 2 is 1.53 bits per heavy atom. The van der Waals surface area contributed by atoms with E-state index in [4.69, 9.17) is 14.2 Å². The molecule has 2 aromatic carbocycles. The summed E-state index contributed by atoms with van der Waals surface area (Å²) in [6.45, 7) is 2.79. The molecule has 1 aliphatic carbocycles. The van der Waals surface area contributed by atoms with Crippen LogP contribution in [0.3, 0.4) is 0 Å². The molecule has 2 heterocycles. The number of hydrogen-bond acceptors (Lipinski definition) is 7. The highest BCUT2D eigenvalue weighted by atomic mass is 32.2. The number of ether oxygens (including phenoxy) is 3. The number of methoxy groups -OCH3 is 3. The molecule has 5 rings (SSSR count). The largest absolute Gasteiger partial charge is 0.497 e. The van der Waals surface area contributed by atoms with Gasteiger partial charge in [-0.25, -0.2) is 0 Å². The number of piperazine rings is 1. The fourth-order valence-corrected chi connectivity index (χ4v) is 6.38. The van der Waals surface area contributed by atoms with Gasteiger partial charge in [0, 0.05) is 43.5 Å². The Morgan fingerprint density at radius 1 is 0.833 bits per heavy atom. The van der Waals surface area contributed by atoms with Crippen molar-refractivity contribution in [3.63, 3.8) is 0 Å². The first-order valence-electron chi connectivity index (χ1n) is 12.4. The van der Waals surface area contributed by atoms with Crippen LogP contribution < -0.4 is 19.1 Å². The number of hydrogen-bond donors (Lipinski definition) is 0. The van der Waals surface area contributed by atoms with Gasteiger partial charge in [0.15, 0.2) is 11.5 Å². The Balaban J connectivity index is 1.30. The Kier molecular flexibility index (Phi) is 7.18. The summed E-state index contributed by atoms with van der Waals surface area (Å²) >= 11 is 1.65. The van der Waals surface area contributed by atoms with Crippen LogP contribution in [0.5, 0.6) is 17.2 Å². The Bertz CT molecular complexity index is 1100. The molecule has 36 heavy (non-hydrogen) atoms. The molecule has 2 amide bonds. The maximum absolute atomic E-state index is 13.7. The average molecular weight is 512 g/mol. The molecular formula is C27H33N3O5S. The number of nitrogens with zero attached hydrogens (tertiary/aromatic N) is 3. The van der Waals surface area contributed by atoms with Crippen molar-refractivity contribution in [2.24, 2.45) is 5.92 Å². The van der Waals surface area contributed by atoms with E-state index in [-0.39, 0.29) is 23.1 Å². The minimum atomic E-state index is -0.450. The van der Waals surface area contributed by atoms with Gasteiger partial charge in [-0.05, 0) is 54.8 Å². The molecule has 0 N–H and O–H groups in total. The van der Waals surface area contributed by atoms with Gasteiger partial charge >= 0.3 is 0 Å². The van der Waals surface area contributed by atoms with Gasteiger partial charge in [-0.2, -0.15) is 0 Å². The molecule has 9 heteroatoms. The van der Waals surface area contributed by atoms with Crippen molar-refractivity contribution >= 4 is 29.3 Å². The monoisotopic (exact) mass is 511 g/mol. The van der Waals surface area contributed by atoms with Crippen LogP contribution in [0, 0.1) is 5.92 Å². The maximum Gasteiger partial charge on any atom is 0.246 e. The lowest BCUT2D eigenvalue weighted by Crippen LogP contribution is -2.55. The molecule has 0 radical (unpaired) electrons. The smallest absolute Gasteiger partial charge is 0.246 e. The van der Waals surface area contributed by atoms with Crippen LogP contribution in [-0.4, -0.2) is 80.9 Å². The fourth-order valence-electron chi connectivity index (χ4n) is 4.96. The van der Waals surface area contributed by atoms with Gasteiger partial charge in [0.2, 0.25) is 11.8 Å². The van der Waals surface area contributed by atoms with Crippen molar-refractivity contribution in [3.05, 3.63) is 48.0 Å². The number of amides is 2. The van der Waals surface area contributed by atoms with Gasteiger partial charge in [0.1, 0.15) is 17.2 Å². The summed E-state index contributed by atoms with van der Waals surface area (Å²) in [5.41, 5.74) is 2.07. The van der Waals surface area contributed by atoms with Crippen molar-refractivity contribution < 1.29 is 23.8 Å². The zero-order chi connectivity index (χ0) is 25.2. The van der Waals surface area contributed by atoms with Crippen LogP contribution in [0.1, 0.15) is 23.8 Å². The number of rotatable bonds is 7. The van der Waals surface area contributed by atoms with Crippen LogP contribution in [0.4, 0.5) is 5.69 Å². The zero-order valence-corrected chi connectivity index (χ0v) is 21.8. The summed E-state index contributed by atoms with van der Waals surface area (Å²) in [4.78, 5) is 33.2. The van der Waals surface area contributed by atoms with Crippen LogP contribution in [0.15, 0.2) is 42.5 Å². The van der Waals surface area contributed by atoms with Gasteiger partial charge in [-0.3, -0.25) is 9.59 Å². The minimum absolute atomic E-state index is 0.0357. The summed E-state index contributed by atoms with van der Waals surface area (Å²) in [5, 5.41) is -0.215. The second-order valence-corrected chi connectivity index (χ2v) is 10.5. The zero-order valence-electron chi connectivity index (χ0n) is 21.0. The average Bonchev–Trinajstić information content (AvgIpc) is 3.70. The molecule has 2 atom stereocenters. The highest BCUT2D eigenvalue weighted by molar-refractivity contribution is 7.99. The van der Waals surface area contributed by atoms with E-state index >= 15 is 0 Å². The lowest BCUT2D eigenvalue weighted by molar-refractivity contribution is -0.145. The van der Waals surface area contributed by atoms with Crippen molar-refractivity contribution in [2.45, 2.75) is 24.3 Å². The van der Waals surface area contributed by atoms with Gasteiger partial charge in [-0.1, -0.05) is 6.07 Å². The van der Waals surface area contributed by atoms with E-state index in [2.05, 4.69) is 4.90 Å². The molecule has 8 nitrogen and oxygen atoms in total. The molecule has 0 bridgehead atoms. The SMILES string of the molecule is COc1ccc(N2CCN(C(=O)C3CSC(c4ccc(OC)c(OC)c4)N3C(=O)C3CC3)CC2)cc1. The summed E-state index contributed by atoms with van der Waals surface area (Å²) in [7, 11) is 4.87. The van der Waals surface area contributed by atoms with E-state index in [9.17, 15) is 9.59 Å². The molecule has 0 aromatic heterocycles. The van der Waals surface area contributed by atoms with Crippen LogP contribution in [0.2, 0.25) is 0 Å². The highest BCUT2D eigenvalue weighted by Crippen LogP contribution is 2.47.